The van der Waals surface area contributed by atoms with Crippen molar-refractivity contribution in [2.45, 2.75) is 33.1 Å². The minimum absolute atomic E-state index is 0.0749. The fourth-order valence-corrected chi connectivity index (χ4v) is 2.60. The highest BCUT2D eigenvalue weighted by Gasteiger charge is 2.27. The predicted octanol–water partition coefficient (Wildman–Crippen LogP) is 2.23. The van der Waals surface area contributed by atoms with Crippen LogP contribution in [-0.2, 0) is 0 Å². The number of amides is 1. The molecule has 0 aromatic carbocycles. The first-order chi connectivity index (χ1) is 8.61. The van der Waals surface area contributed by atoms with Crippen LogP contribution in [0.4, 0.5) is 5.69 Å². The number of anilines is 1. The summed E-state index contributed by atoms with van der Waals surface area (Å²) in [6.45, 7) is 5.78. The zero-order chi connectivity index (χ0) is 13.1. The van der Waals surface area contributed by atoms with E-state index in [0.717, 1.165) is 25.2 Å². The van der Waals surface area contributed by atoms with Gasteiger partial charge in [-0.2, -0.15) is 0 Å². The van der Waals surface area contributed by atoms with E-state index >= 15 is 0 Å². The van der Waals surface area contributed by atoms with Crippen molar-refractivity contribution in [3.8, 4) is 0 Å². The Bertz CT molecular complexity index is 445. The predicted molar refractivity (Wildman–Crippen MR) is 72.3 cm³/mol. The molecule has 0 spiro atoms. The number of carbonyl (C=O) groups excluding carboxylic acids is 1. The zero-order valence-corrected chi connectivity index (χ0v) is 11.1. The largest absolute Gasteiger partial charge is 0.397 e. The van der Waals surface area contributed by atoms with Gasteiger partial charge in [-0.3, -0.25) is 9.78 Å². The molecule has 18 heavy (non-hydrogen) atoms. The molecule has 0 aliphatic carbocycles. The Morgan fingerprint density at radius 1 is 1.61 bits per heavy atom. The Kier molecular flexibility index (Phi) is 3.84. The summed E-state index contributed by atoms with van der Waals surface area (Å²) >= 11 is 0. The molecule has 1 unspecified atom stereocenters. The third-order valence-electron chi connectivity index (χ3n) is 3.61. The van der Waals surface area contributed by atoms with Crippen LogP contribution < -0.4 is 5.73 Å². The second-order valence-electron chi connectivity index (χ2n) is 5.10. The molecule has 1 amide bonds. The number of likely N-dealkylation sites (tertiary alicyclic amines) is 1. The zero-order valence-electron chi connectivity index (χ0n) is 11.1. The van der Waals surface area contributed by atoms with Crippen LogP contribution in [0.1, 0.15) is 42.2 Å². The maximum atomic E-state index is 12.4. The number of aryl methyl sites for hydroxylation is 1. The Hall–Kier alpha value is -1.58. The normalized spacial score (nSPS) is 19.2. The SMILES string of the molecule is CCCC1CCN(C(=O)c2cc(N)cnc2C)C1. The van der Waals surface area contributed by atoms with Crippen LogP contribution in [0, 0.1) is 12.8 Å². The molecule has 0 saturated carbocycles. The molecule has 1 aromatic heterocycles. The van der Waals surface area contributed by atoms with E-state index in [2.05, 4.69) is 11.9 Å². The fraction of sp³-hybridized carbons (Fsp3) is 0.571. The first-order valence-electron chi connectivity index (χ1n) is 6.63. The minimum Gasteiger partial charge on any atom is -0.397 e. The van der Waals surface area contributed by atoms with E-state index in [9.17, 15) is 4.79 Å². The molecular weight excluding hydrogens is 226 g/mol. The van der Waals surface area contributed by atoms with E-state index in [-0.39, 0.29) is 5.91 Å². The van der Waals surface area contributed by atoms with Crippen LogP contribution in [0.5, 0.6) is 0 Å². The van der Waals surface area contributed by atoms with Crippen molar-refractivity contribution in [2.24, 2.45) is 5.92 Å². The van der Waals surface area contributed by atoms with Crippen molar-refractivity contribution in [2.75, 3.05) is 18.8 Å². The third-order valence-corrected chi connectivity index (χ3v) is 3.61. The number of pyridine rings is 1. The van der Waals surface area contributed by atoms with Gasteiger partial charge in [0.05, 0.1) is 23.1 Å². The minimum atomic E-state index is 0.0749. The molecule has 2 rings (SSSR count). The standard InChI is InChI=1S/C14H21N3O/c1-3-4-11-5-6-17(9-11)14(18)13-7-12(15)8-16-10(13)2/h7-8,11H,3-6,9,15H2,1-2H3. The molecular formula is C14H21N3O. The van der Waals surface area contributed by atoms with Crippen molar-refractivity contribution in [1.29, 1.82) is 0 Å². The molecule has 4 heteroatoms. The second-order valence-corrected chi connectivity index (χ2v) is 5.10. The number of nitrogens with zero attached hydrogens (tertiary/aromatic N) is 2. The first kappa shape index (κ1) is 12.9. The van der Waals surface area contributed by atoms with Crippen molar-refractivity contribution < 1.29 is 4.79 Å². The van der Waals surface area contributed by atoms with Gasteiger partial charge in [0.1, 0.15) is 0 Å². The Balaban J connectivity index is 2.10. The average molecular weight is 247 g/mol. The molecule has 4 nitrogen and oxygen atoms in total. The number of nitrogen functional groups attached to an aromatic ring is 1. The number of carbonyl (C=O) groups is 1. The molecule has 98 valence electrons. The molecule has 2 heterocycles. The van der Waals surface area contributed by atoms with Gasteiger partial charge in [-0.1, -0.05) is 13.3 Å². The number of rotatable bonds is 3. The topological polar surface area (TPSA) is 59.2 Å². The van der Waals surface area contributed by atoms with Crippen LogP contribution in [0.25, 0.3) is 0 Å². The highest BCUT2D eigenvalue weighted by atomic mass is 16.2. The highest BCUT2D eigenvalue weighted by Crippen LogP contribution is 2.23. The van der Waals surface area contributed by atoms with Gasteiger partial charge in [0, 0.05) is 13.1 Å². The van der Waals surface area contributed by atoms with Crippen LogP contribution >= 0.6 is 0 Å². The lowest BCUT2D eigenvalue weighted by Crippen LogP contribution is -2.29. The number of nitrogens with two attached hydrogens (primary N) is 1. The lowest BCUT2D eigenvalue weighted by atomic mass is 10.0. The van der Waals surface area contributed by atoms with Gasteiger partial charge in [0.15, 0.2) is 0 Å². The molecule has 1 fully saturated rings. The Morgan fingerprint density at radius 3 is 3.11 bits per heavy atom. The van der Waals surface area contributed by atoms with E-state index < -0.39 is 0 Å². The van der Waals surface area contributed by atoms with Crippen molar-refractivity contribution in [3.05, 3.63) is 23.5 Å². The van der Waals surface area contributed by atoms with Crippen molar-refractivity contribution >= 4 is 11.6 Å². The van der Waals surface area contributed by atoms with Gasteiger partial charge >= 0.3 is 0 Å². The van der Waals surface area contributed by atoms with Crippen LogP contribution in [0.15, 0.2) is 12.3 Å². The second kappa shape index (κ2) is 5.38. The Labute approximate surface area is 108 Å². The Morgan fingerprint density at radius 2 is 2.39 bits per heavy atom. The summed E-state index contributed by atoms with van der Waals surface area (Å²) in [5, 5.41) is 0. The third kappa shape index (κ3) is 2.63. The van der Waals surface area contributed by atoms with Gasteiger partial charge in [0.2, 0.25) is 0 Å². The van der Waals surface area contributed by atoms with Crippen molar-refractivity contribution in [1.82, 2.24) is 9.88 Å². The average Bonchev–Trinajstić information content (AvgIpc) is 2.80. The summed E-state index contributed by atoms with van der Waals surface area (Å²) in [6, 6.07) is 1.73. The van der Waals surface area contributed by atoms with Crippen molar-refractivity contribution in [3.63, 3.8) is 0 Å². The summed E-state index contributed by atoms with van der Waals surface area (Å²) in [4.78, 5) is 18.5. The van der Waals surface area contributed by atoms with Gasteiger partial charge in [-0.15, -0.1) is 0 Å². The smallest absolute Gasteiger partial charge is 0.255 e. The fourth-order valence-electron chi connectivity index (χ4n) is 2.60. The number of hydrogen-bond acceptors (Lipinski definition) is 3. The molecule has 1 saturated heterocycles. The summed E-state index contributed by atoms with van der Waals surface area (Å²) in [5.41, 5.74) is 7.66. The first-order valence-corrected chi connectivity index (χ1v) is 6.63. The monoisotopic (exact) mass is 247 g/mol. The summed E-state index contributed by atoms with van der Waals surface area (Å²) in [7, 11) is 0. The van der Waals surface area contributed by atoms with E-state index in [1.807, 2.05) is 11.8 Å². The molecule has 2 N–H and O–H groups in total. The van der Waals surface area contributed by atoms with Gasteiger partial charge < -0.3 is 10.6 Å². The molecule has 1 atom stereocenters. The number of hydrogen-bond donors (Lipinski definition) is 1. The quantitative estimate of drug-likeness (QED) is 0.891. The molecule has 1 aromatic rings. The van der Waals surface area contributed by atoms with E-state index in [0.29, 0.717) is 17.2 Å². The lowest BCUT2D eigenvalue weighted by Gasteiger charge is -2.17. The maximum Gasteiger partial charge on any atom is 0.255 e. The van der Waals surface area contributed by atoms with Gasteiger partial charge in [-0.25, -0.2) is 0 Å². The summed E-state index contributed by atoms with van der Waals surface area (Å²) in [6.07, 6.45) is 5.11. The summed E-state index contributed by atoms with van der Waals surface area (Å²) < 4.78 is 0. The van der Waals surface area contributed by atoms with Gasteiger partial charge in [-0.05, 0) is 31.7 Å². The summed E-state index contributed by atoms with van der Waals surface area (Å²) in [5.74, 6) is 0.735. The maximum absolute atomic E-state index is 12.4. The van der Waals surface area contributed by atoms with Crippen LogP contribution in [0.2, 0.25) is 0 Å². The highest BCUT2D eigenvalue weighted by molar-refractivity contribution is 5.96. The van der Waals surface area contributed by atoms with Gasteiger partial charge in [0.25, 0.3) is 5.91 Å². The van der Waals surface area contributed by atoms with E-state index in [4.69, 9.17) is 5.73 Å². The molecule has 1 aliphatic rings. The molecule has 0 radical (unpaired) electrons. The van der Waals surface area contributed by atoms with Crippen LogP contribution in [0.3, 0.4) is 0 Å². The van der Waals surface area contributed by atoms with E-state index in [1.54, 1.807) is 12.3 Å². The lowest BCUT2D eigenvalue weighted by molar-refractivity contribution is 0.0785. The van der Waals surface area contributed by atoms with E-state index in [1.165, 1.54) is 12.8 Å². The molecule has 1 aliphatic heterocycles. The van der Waals surface area contributed by atoms with Crippen LogP contribution in [-0.4, -0.2) is 28.9 Å². The molecule has 0 bridgehead atoms. The number of aromatic nitrogens is 1.